The van der Waals surface area contributed by atoms with Gasteiger partial charge in [-0.25, -0.2) is 4.39 Å². The minimum atomic E-state index is -0.519. The van der Waals surface area contributed by atoms with Crippen LogP contribution in [-0.4, -0.2) is 67.4 Å². The van der Waals surface area contributed by atoms with Gasteiger partial charge in [0.25, 0.3) is 0 Å². The number of hydrogen-bond acceptors (Lipinski definition) is 4. The zero-order valence-electron chi connectivity index (χ0n) is 19.5. The van der Waals surface area contributed by atoms with Gasteiger partial charge in [0.1, 0.15) is 11.9 Å². The summed E-state index contributed by atoms with van der Waals surface area (Å²) >= 11 is 0. The largest absolute Gasteiger partial charge is 0.369 e. The van der Waals surface area contributed by atoms with Gasteiger partial charge in [0.15, 0.2) is 0 Å². The molecule has 176 valence electrons. The van der Waals surface area contributed by atoms with Gasteiger partial charge < -0.3 is 20.0 Å². The van der Waals surface area contributed by atoms with Gasteiger partial charge in [-0.1, -0.05) is 30.3 Å². The zero-order chi connectivity index (χ0) is 23.4. The molecule has 2 fully saturated rings. The van der Waals surface area contributed by atoms with Crippen molar-refractivity contribution in [3.8, 4) is 0 Å². The molecule has 2 aliphatic heterocycles. The predicted molar refractivity (Wildman–Crippen MR) is 129 cm³/mol. The number of rotatable bonds is 6. The lowest BCUT2D eigenvalue weighted by molar-refractivity contribution is -0.136. The van der Waals surface area contributed by atoms with Gasteiger partial charge >= 0.3 is 0 Å². The highest BCUT2D eigenvalue weighted by molar-refractivity contribution is 5.97. The standard InChI is InChI=1S/C26H33FN4O2/c1-29(2)21-12-15-30(16-13-21)23-11-10-20(18-22(23)27)28-26(33)24-9-6-14-31(24)25(32)17-19-7-4-3-5-8-19/h3-5,7-8,10-11,18,21,24H,6,9,12-17H2,1-2H3,(H,28,33). The molecule has 0 spiro atoms. The molecule has 0 aliphatic carbocycles. The van der Waals surface area contributed by atoms with Crippen LogP contribution in [0.25, 0.3) is 0 Å². The average Bonchev–Trinajstić information content (AvgIpc) is 3.30. The van der Waals surface area contributed by atoms with Crippen molar-refractivity contribution in [3.63, 3.8) is 0 Å². The summed E-state index contributed by atoms with van der Waals surface area (Å²) in [5, 5.41) is 2.83. The maximum atomic E-state index is 14.9. The van der Waals surface area contributed by atoms with Gasteiger partial charge in [-0.15, -0.1) is 0 Å². The number of hydrogen-bond donors (Lipinski definition) is 1. The third kappa shape index (κ3) is 5.53. The number of carbonyl (C=O) groups is 2. The Balaban J connectivity index is 1.37. The van der Waals surface area contributed by atoms with E-state index in [9.17, 15) is 14.0 Å². The van der Waals surface area contributed by atoms with E-state index in [-0.39, 0.29) is 24.1 Å². The number of amides is 2. The first-order valence-electron chi connectivity index (χ1n) is 11.8. The Bertz CT molecular complexity index is 974. The summed E-state index contributed by atoms with van der Waals surface area (Å²) in [5.41, 5.74) is 1.93. The van der Waals surface area contributed by atoms with Crippen molar-refractivity contribution in [2.75, 3.05) is 43.9 Å². The van der Waals surface area contributed by atoms with Crippen LogP contribution in [0.15, 0.2) is 48.5 Å². The molecule has 1 unspecified atom stereocenters. The molecule has 2 aromatic carbocycles. The Morgan fingerprint density at radius 3 is 2.42 bits per heavy atom. The first-order valence-corrected chi connectivity index (χ1v) is 11.8. The summed E-state index contributed by atoms with van der Waals surface area (Å²) in [6.45, 7) is 2.19. The van der Waals surface area contributed by atoms with E-state index in [0.29, 0.717) is 30.4 Å². The highest BCUT2D eigenvalue weighted by atomic mass is 19.1. The lowest BCUT2D eigenvalue weighted by Gasteiger charge is -2.36. The van der Waals surface area contributed by atoms with Crippen LogP contribution >= 0.6 is 0 Å². The molecule has 2 aliphatic rings. The van der Waals surface area contributed by atoms with Crippen LogP contribution in [0, 0.1) is 5.82 Å². The van der Waals surface area contributed by atoms with E-state index in [1.165, 1.54) is 6.07 Å². The maximum absolute atomic E-state index is 14.9. The summed E-state index contributed by atoms with van der Waals surface area (Å²) in [7, 11) is 4.16. The third-order valence-corrected chi connectivity index (χ3v) is 6.82. The summed E-state index contributed by atoms with van der Waals surface area (Å²) in [5.74, 6) is -0.645. The van der Waals surface area contributed by atoms with Crippen molar-refractivity contribution in [3.05, 3.63) is 59.9 Å². The molecule has 2 amide bonds. The fourth-order valence-electron chi connectivity index (χ4n) is 4.90. The Kier molecular flexibility index (Phi) is 7.28. The first-order chi connectivity index (χ1) is 15.9. The molecule has 0 radical (unpaired) electrons. The van der Waals surface area contributed by atoms with Crippen LogP contribution in [0.4, 0.5) is 15.8 Å². The highest BCUT2D eigenvalue weighted by Gasteiger charge is 2.34. The van der Waals surface area contributed by atoms with Gasteiger partial charge in [-0.05, 0) is 63.5 Å². The number of anilines is 2. The second kappa shape index (κ2) is 10.3. The first kappa shape index (κ1) is 23.2. The Labute approximate surface area is 195 Å². The molecular formula is C26H33FN4O2. The van der Waals surface area contributed by atoms with E-state index in [1.54, 1.807) is 17.0 Å². The average molecular weight is 453 g/mol. The van der Waals surface area contributed by atoms with E-state index in [2.05, 4.69) is 29.2 Å². The van der Waals surface area contributed by atoms with Crippen LogP contribution in [0.3, 0.4) is 0 Å². The van der Waals surface area contributed by atoms with Crippen LogP contribution in [-0.2, 0) is 16.0 Å². The Morgan fingerprint density at radius 2 is 1.76 bits per heavy atom. The fourth-order valence-corrected chi connectivity index (χ4v) is 4.90. The normalized spacial score (nSPS) is 19.2. The smallest absolute Gasteiger partial charge is 0.247 e. The molecule has 7 heteroatoms. The number of nitrogens with one attached hydrogen (secondary N) is 1. The fraction of sp³-hybridized carbons (Fsp3) is 0.462. The molecular weight excluding hydrogens is 419 g/mol. The number of likely N-dealkylation sites (tertiary alicyclic amines) is 1. The lowest BCUT2D eigenvalue weighted by atomic mass is 10.0. The predicted octanol–water partition coefficient (Wildman–Crippen LogP) is 3.53. The second-order valence-electron chi connectivity index (χ2n) is 9.24. The van der Waals surface area contributed by atoms with Gasteiger partial charge in [0.05, 0.1) is 12.1 Å². The summed E-state index contributed by atoms with van der Waals surface area (Å²) < 4.78 is 14.9. The minimum Gasteiger partial charge on any atom is -0.369 e. The summed E-state index contributed by atoms with van der Waals surface area (Å²) in [4.78, 5) is 31.7. The van der Waals surface area contributed by atoms with Gasteiger partial charge in [0.2, 0.25) is 11.8 Å². The summed E-state index contributed by atoms with van der Waals surface area (Å²) in [6.07, 6.45) is 3.68. The molecule has 4 rings (SSSR count). The zero-order valence-corrected chi connectivity index (χ0v) is 19.5. The van der Waals surface area contributed by atoms with E-state index < -0.39 is 6.04 Å². The van der Waals surface area contributed by atoms with E-state index in [4.69, 9.17) is 0 Å². The molecule has 6 nitrogen and oxygen atoms in total. The highest BCUT2D eigenvalue weighted by Crippen LogP contribution is 2.27. The number of nitrogens with zero attached hydrogens (tertiary/aromatic N) is 3. The van der Waals surface area contributed by atoms with Gasteiger partial charge in [-0.3, -0.25) is 9.59 Å². The lowest BCUT2D eigenvalue weighted by Crippen LogP contribution is -2.43. The van der Waals surface area contributed by atoms with Crippen molar-refractivity contribution in [1.82, 2.24) is 9.80 Å². The van der Waals surface area contributed by atoms with E-state index >= 15 is 0 Å². The van der Waals surface area contributed by atoms with Gasteiger partial charge in [0, 0.05) is 31.4 Å². The number of benzene rings is 2. The molecule has 2 saturated heterocycles. The summed E-state index contributed by atoms with van der Waals surface area (Å²) in [6, 6.07) is 14.4. The van der Waals surface area contributed by atoms with E-state index in [1.807, 2.05) is 30.3 Å². The molecule has 33 heavy (non-hydrogen) atoms. The van der Waals surface area contributed by atoms with Crippen LogP contribution in [0.5, 0.6) is 0 Å². The molecule has 1 atom stereocenters. The monoisotopic (exact) mass is 452 g/mol. The molecule has 2 heterocycles. The Hall–Kier alpha value is -2.93. The van der Waals surface area contributed by atoms with Crippen LogP contribution in [0.2, 0.25) is 0 Å². The molecule has 2 aromatic rings. The Morgan fingerprint density at radius 1 is 1.03 bits per heavy atom. The molecule has 0 bridgehead atoms. The van der Waals surface area contributed by atoms with Crippen molar-refractivity contribution >= 4 is 23.2 Å². The van der Waals surface area contributed by atoms with Gasteiger partial charge in [-0.2, -0.15) is 0 Å². The van der Waals surface area contributed by atoms with E-state index in [0.717, 1.165) is 37.9 Å². The van der Waals surface area contributed by atoms with Crippen molar-refractivity contribution in [2.24, 2.45) is 0 Å². The third-order valence-electron chi connectivity index (χ3n) is 6.82. The van der Waals surface area contributed by atoms with Crippen LogP contribution in [0.1, 0.15) is 31.2 Å². The molecule has 0 aromatic heterocycles. The maximum Gasteiger partial charge on any atom is 0.247 e. The van der Waals surface area contributed by atoms with Crippen molar-refractivity contribution in [2.45, 2.75) is 44.2 Å². The number of piperidine rings is 1. The molecule has 1 N–H and O–H groups in total. The number of halogens is 1. The van der Waals surface area contributed by atoms with Crippen molar-refractivity contribution < 1.29 is 14.0 Å². The quantitative estimate of drug-likeness (QED) is 0.729. The SMILES string of the molecule is CN(C)C1CCN(c2ccc(NC(=O)C3CCCN3C(=O)Cc3ccccc3)cc2F)CC1. The topological polar surface area (TPSA) is 55.9 Å². The van der Waals surface area contributed by atoms with Crippen molar-refractivity contribution in [1.29, 1.82) is 0 Å². The molecule has 0 saturated carbocycles. The second-order valence-corrected chi connectivity index (χ2v) is 9.24. The van der Waals surface area contributed by atoms with Crippen LogP contribution < -0.4 is 10.2 Å². The minimum absolute atomic E-state index is 0.0542. The number of carbonyl (C=O) groups excluding carboxylic acids is 2.